The summed E-state index contributed by atoms with van der Waals surface area (Å²) in [6, 6.07) is 13.2. The molecule has 2 amide bonds. The van der Waals surface area contributed by atoms with Crippen molar-refractivity contribution in [1.29, 1.82) is 0 Å². The highest BCUT2D eigenvalue weighted by Crippen LogP contribution is 2.32. The van der Waals surface area contributed by atoms with Gasteiger partial charge in [0.05, 0.1) is 18.6 Å². The van der Waals surface area contributed by atoms with Gasteiger partial charge in [0, 0.05) is 48.3 Å². The first kappa shape index (κ1) is 26.0. The fraction of sp³-hybridized carbons (Fsp3) is 0.296. The van der Waals surface area contributed by atoms with E-state index in [9.17, 15) is 27.6 Å². The molecule has 0 saturated carbocycles. The van der Waals surface area contributed by atoms with E-state index in [0.717, 1.165) is 29.0 Å². The van der Waals surface area contributed by atoms with Crippen molar-refractivity contribution in [2.24, 2.45) is 0 Å². The lowest BCUT2D eigenvalue weighted by molar-refractivity contribution is -0.144. The van der Waals surface area contributed by atoms with Crippen molar-refractivity contribution in [2.45, 2.75) is 38.9 Å². The van der Waals surface area contributed by atoms with Crippen molar-refractivity contribution in [2.75, 3.05) is 18.5 Å². The average molecular weight is 515 g/mol. The minimum atomic E-state index is -4.52. The van der Waals surface area contributed by atoms with Crippen LogP contribution >= 0.6 is 0 Å². The van der Waals surface area contributed by atoms with Crippen LogP contribution in [0.2, 0.25) is 0 Å². The first-order valence-corrected chi connectivity index (χ1v) is 11.8. The Hall–Kier alpha value is -4.08. The Bertz CT molecular complexity index is 1300. The number of alkyl halides is 3. The summed E-state index contributed by atoms with van der Waals surface area (Å²) in [5.41, 5.74) is 1.24. The Morgan fingerprint density at radius 1 is 1.05 bits per heavy atom. The molecule has 0 atom stereocenters. The topological polar surface area (TPSA) is 88.8 Å². The number of ether oxygens (including phenoxy) is 1. The molecule has 1 aliphatic rings. The average Bonchev–Trinajstić information content (AvgIpc) is 3.31. The lowest BCUT2D eigenvalue weighted by Gasteiger charge is -2.26. The van der Waals surface area contributed by atoms with Gasteiger partial charge >= 0.3 is 12.1 Å². The van der Waals surface area contributed by atoms with E-state index in [-0.39, 0.29) is 37.5 Å². The van der Waals surface area contributed by atoms with Gasteiger partial charge in [-0.1, -0.05) is 6.07 Å². The predicted molar refractivity (Wildman–Crippen MR) is 129 cm³/mol. The van der Waals surface area contributed by atoms with Crippen molar-refractivity contribution in [3.63, 3.8) is 0 Å². The predicted octanol–water partition coefficient (Wildman–Crippen LogP) is 5.45. The summed E-state index contributed by atoms with van der Waals surface area (Å²) in [5, 5.41) is 2.72. The Morgan fingerprint density at radius 3 is 2.51 bits per heavy atom. The maximum absolute atomic E-state index is 13.0. The molecular formula is C27H25F3N2O5. The number of hydrogen-bond donors (Lipinski definition) is 1. The second-order valence-electron chi connectivity index (χ2n) is 8.54. The zero-order chi connectivity index (χ0) is 26.6. The molecule has 0 saturated heterocycles. The zero-order valence-corrected chi connectivity index (χ0v) is 20.1. The first-order chi connectivity index (χ1) is 17.6. The molecule has 0 bridgehead atoms. The number of carbonyl (C=O) groups excluding carboxylic acids is 3. The molecular weight excluding hydrogens is 489 g/mol. The number of amides is 2. The molecule has 10 heteroatoms. The SMILES string of the molecule is CCOC(=O)CCC(=O)Nc1ccc(-c2cc3c(o2)CCN(C(=O)c2cccc(C(F)(F)F)c2)C3)cc1. The highest BCUT2D eigenvalue weighted by Gasteiger charge is 2.32. The van der Waals surface area contributed by atoms with Crippen LogP contribution in [0.25, 0.3) is 11.3 Å². The molecule has 2 heterocycles. The van der Waals surface area contributed by atoms with Crippen LogP contribution in [0.5, 0.6) is 0 Å². The van der Waals surface area contributed by atoms with Gasteiger partial charge in [-0.2, -0.15) is 13.2 Å². The molecule has 3 aromatic rings. The fourth-order valence-corrected chi connectivity index (χ4v) is 4.05. The minimum absolute atomic E-state index is 0.00297. The summed E-state index contributed by atoms with van der Waals surface area (Å²) < 4.78 is 49.9. The molecule has 0 unspecified atom stereocenters. The molecule has 1 N–H and O–H groups in total. The van der Waals surface area contributed by atoms with Crippen LogP contribution in [0, 0.1) is 0 Å². The van der Waals surface area contributed by atoms with Gasteiger partial charge in [0.1, 0.15) is 11.5 Å². The number of furan rings is 1. The summed E-state index contributed by atoms with van der Waals surface area (Å²) in [5.74, 6) is 0.102. The third kappa shape index (κ3) is 6.38. The normalized spacial score (nSPS) is 13.1. The fourth-order valence-electron chi connectivity index (χ4n) is 4.05. The number of benzene rings is 2. The van der Waals surface area contributed by atoms with E-state index in [1.54, 1.807) is 31.2 Å². The van der Waals surface area contributed by atoms with Crippen LogP contribution < -0.4 is 5.32 Å². The zero-order valence-electron chi connectivity index (χ0n) is 20.1. The van der Waals surface area contributed by atoms with Crippen LogP contribution in [-0.4, -0.2) is 35.8 Å². The van der Waals surface area contributed by atoms with Crippen molar-refractivity contribution < 1.29 is 36.7 Å². The number of nitrogens with one attached hydrogen (secondary N) is 1. The summed E-state index contributed by atoms with van der Waals surface area (Å²) in [6.07, 6.45) is -4.06. The number of anilines is 1. The van der Waals surface area contributed by atoms with Crippen molar-refractivity contribution in [3.05, 3.63) is 77.0 Å². The van der Waals surface area contributed by atoms with Gasteiger partial charge in [-0.15, -0.1) is 0 Å². The van der Waals surface area contributed by atoms with E-state index in [4.69, 9.17) is 9.15 Å². The Kier molecular flexibility index (Phi) is 7.66. The maximum atomic E-state index is 13.0. The van der Waals surface area contributed by atoms with Crippen LogP contribution in [0.3, 0.4) is 0 Å². The number of fused-ring (bicyclic) bond motifs is 1. The van der Waals surface area contributed by atoms with Gasteiger partial charge in [0.25, 0.3) is 5.91 Å². The molecule has 194 valence electrons. The van der Waals surface area contributed by atoms with E-state index < -0.39 is 23.6 Å². The molecule has 0 aliphatic carbocycles. The van der Waals surface area contributed by atoms with Crippen molar-refractivity contribution >= 4 is 23.5 Å². The van der Waals surface area contributed by atoms with Gasteiger partial charge in [-0.05, 0) is 55.5 Å². The van der Waals surface area contributed by atoms with Crippen LogP contribution in [0.15, 0.2) is 59.0 Å². The van der Waals surface area contributed by atoms with Crippen molar-refractivity contribution in [3.8, 4) is 11.3 Å². The molecule has 0 spiro atoms. The Labute approximate surface area is 211 Å². The standard InChI is InChI=1S/C27H25F3N2O5/c1-2-36-25(34)11-10-24(33)31-21-8-6-17(7-9-21)23-15-19-16-32(13-12-22(19)37-23)26(35)18-4-3-5-20(14-18)27(28,29)30/h3-9,14-15H,2,10-13,16H2,1H3,(H,31,33). The first-order valence-electron chi connectivity index (χ1n) is 11.8. The van der Waals surface area contributed by atoms with Gasteiger partial charge in [0.2, 0.25) is 5.91 Å². The monoisotopic (exact) mass is 514 g/mol. The molecule has 4 rings (SSSR count). The molecule has 7 nitrogen and oxygen atoms in total. The lowest BCUT2D eigenvalue weighted by Crippen LogP contribution is -2.35. The largest absolute Gasteiger partial charge is 0.466 e. The van der Waals surface area contributed by atoms with Crippen LogP contribution in [0.1, 0.15) is 47.0 Å². The number of rotatable bonds is 7. The van der Waals surface area contributed by atoms with E-state index in [0.29, 0.717) is 24.4 Å². The van der Waals surface area contributed by atoms with E-state index >= 15 is 0 Å². The molecule has 0 radical (unpaired) electrons. The molecule has 1 aliphatic heterocycles. The number of halogens is 3. The lowest BCUT2D eigenvalue weighted by atomic mass is 10.0. The Balaban J connectivity index is 1.39. The Morgan fingerprint density at radius 2 is 1.81 bits per heavy atom. The quantitative estimate of drug-likeness (QED) is 0.424. The maximum Gasteiger partial charge on any atom is 0.416 e. The number of esters is 1. The molecule has 37 heavy (non-hydrogen) atoms. The van der Waals surface area contributed by atoms with Gasteiger partial charge in [-0.25, -0.2) is 0 Å². The smallest absolute Gasteiger partial charge is 0.416 e. The third-order valence-electron chi connectivity index (χ3n) is 5.91. The number of nitrogens with zero attached hydrogens (tertiary/aromatic N) is 1. The number of hydrogen-bond acceptors (Lipinski definition) is 5. The third-order valence-corrected chi connectivity index (χ3v) is 5.91. The van der Waals surface area contributed by atoms with Gasteiger partial charge < -0.3 is 19.4 Å². The minimum Gasteiger partial charge on any atom is -0.466 e. The summed E-state index contributed by atoms with van der Waals surface area (Å²) in [7, 11) is 0. The van der Waals surface area contributed by atoms with Crippen LogP contribution in [-0.2, 0) is 33.5 Å². The number of carbonyl (C=O) groups is 3. The highest BCUT2D eigenvalue weighted by atomic mass is 19.4. The summed E-state index contributed by atoms with van der Waals surface area (Å²) >= 11 is 0. The van der Waals surface area contributed by atoms with Gasteiger partial charge in [-0.3, -0.25) is 14.4 Å². The second-order valence-corrected chi connectivity index (χ2v) is 8.54. The van der Waals surface area contributed by atoms with Crippen molar-refractivity contribution in [1.82, 2.24) is 4.90 Å². The molecule has 0 fully saturated rings. The van der Waals surface area contributed by atoms with E-state index in [2.05, 4.69) is 5.32 Å². The molecule has 1 aromatic heterocycles. The van der Waals surface area contributed by atoms with Crippen LogP contribution in [0.4, 0.5) is 18.9 Å². The van der Waals surface area contributed by atoms with E-state index in [1.807, 2.05) is 6.07 Å². The van der Waals surface area contributed by atoms with E-state index in [1.165, 1.54) is 17.0 Å². The summed E-state index contributed by atoms with van der Waals surface area (Å²) in [6.45, 7) is 2.52. The highest BCUT2D eigenvalue weighted by molar-refractivity contribution is 5.94. The molecule has 2 aromatic carbocycles. The second kappa shape index (κ2) is 10.9. The van der Waals surface area contributed by atoms with Gasteiger partial charge in [0.15, 0.2) is 0 Å². The summed E-state index contributed by atoms with van der Waals surface area (Å²) in [4.78, 5) is 37.8.